The fourth-order valence-corrected chi connectivity index (χ4v) is 2.32. The van der Waals surface area contributed by atoms with Crippen molar-refractivity contribution in [3.63, 3.8) is 0 Å². The van der Waals surface area contributed by atoms with Crippen LogP contribution in [-0.2, 0) is 4.74 Å². The standard InChI is InChI=1S/C14H20N2O2/c1-11-5-4-6-12(15)13(11)14(17)18-10-9-16-7-2-3-8-16/h4-6H,2-3,7-10,15H2,1H3. The van der Waals surface area contributed by atoms with Gasteiger partial charge in [0, 0.05) is 12.2 Å². The van der Waals surface area contributed by atoms with Gasteiger partial charge in [0.25, 0.3) is 0 Å². The fraction of sp³-hybridized carbons (Fsp3) is 0.500. The summed E-state index contributed by atoms with van der Waals surface area (Å²) in [5.74, 6) is -0.315. The number of benzene rings is 1. The van der Waals surface area contributed by atoms with E-state index in [1.54, 1.807) is 6.07 Å². The van der Waals surface area contributed by atoms with E-state index < -0.39 is 0 Å². The van der Waals surface area contributed by atoms with Crippen LogP contribution in [0.25, 0.3) is 0 Å². The van der Waals surface area contributed by atoms with Gasteiger partial charge in [0.15, 0.2) is 0 Å². The molecule has 0 amide bonds. The molecule has 4 heteroatoms. The van der Waals surface area contributed by atoms with Gasteiger partial charge in [-0.05, 0) is 44.5 Å². The number of aryl methyl sites for hydroxylation is 1. The molecule has 1 aliphatic rings. The number of anilines is 1. The van der Waals surface area contributed by atoms with Gasteiger partial charge in [-0.1, -0.05) is 12.1 Å². The fourth-order valence-electron chi connectivity index (χ4n) is 2.32. The summed E-state index contributed by atoms with van der Waals surface area (Å²) in [6.45, 7) is 5.35. The molecule has 0 bridgehead atoms. The Morgan fingerprint density at radius 3 is 2.78 bits per heavy atom. The van der Waals surface area contributed by atoms with E-state index in [9.17, 15) is 4.79 Å². The van der Waals surface area contributed by atoms with Crippen molar-refractivity contribution < 1.29 is 9.53 Å². The van der Waals surface area contributed by atoms with Gasteiger partial charge in [-0.25, -0.2) is 4.79 Å². The lowest BCUT2D eigenvalue weighted by Crippen LogP contribution is -2.25. The van der Waals surface area contributed by atoms with E-state index in [2.05, 4.69) is 4.90 Å². The molecule has 0 spiro atoms. The van der Waals surface area contributed by atoms with Crippen LogP contribution in [0.1, 0.15) is 28.8 Å². The van der Waals surface area contributed by atoms with Crippen molar-refractivity contribution in [1.29, 1.82) is 0 Å². The zero-order valence-electron chi connectivity index (χ0n) is 10.8. The molecule has 0 radical (unpaired) electrons. The van der Waals surface area contributed by atoms with Crippen molar-refractivity contribution in [2.45, 2.75) is 19.8 Å². The van der Waals surface area contributed by atoms with Gasteiger partial charge >= 0.3 is 5.97 Å². The number of carbonyl (C=O) groups excluding carboxylic acids is 1. The number of nitrogens with zero attached hydrogens (tertiary/aromatic N) is 1. The topological polar surface area (TPSA) is 55.6 Å². The molecule has 2 N–H and O–H groups in total. The van der Waals surface area contributed by atoms with Gasteiger partial charge in [-0.2, -0.15) is 0 Å². The lowest BCUT2D eigenvalue weighted by Gasteiger charge is -2.15. The molecule has 1 aromatic rings. The minimum absolute atomic E-state index is 0.315. The van der Waals surface area contributed by atoms with E-state index in [1.165, 1.54) is 12.8 Å². The summed E-state index contributed by atoms with van der Waals surface area (Å²) in [4.78, 5) is 14.3. The van der Waals surface area contributed by atoms with E-state index in [-0.39, 0.29) is 5.97 Å². The summed E-state index contributed by atoms with van der Waals surface area (Å²) < 4.78 is 5.29. The lowest BCUT2D eigenvalue weighted by molar-refractivity contribution is 0.0472. The van der Waals surface area contributed by atoms with Crippen LogP contribution >= 0.6 is 0 Å². The van der Waals surface area contributed by atoms with E-state index in [0.29, 0.717) is 17.9 Å². The second-order valence-electron chi connectivity index (χ2n) is 4.72. The number of nitrogen functional groups attached to an aromatic ring is 1. The number of esters is 1. The molecule has 4 nitrogen and oxygen atoms in total. The van der Waals surface area contributed by atoms with Gasteiger partial charge in [0.2, 0.25) is 0 Å². The van der Waals surface area contributed by atoms with Crippen LogP contribution in [0.15, 0.2) is 18.2 Å². The monoisotopic (exact) mass is 248 g/mol. The number of rotatable bonds is 4. The number of nitrogens with two attached hydrogens (primary N) is 1. The van der Waals surface area contributed by atoms with Crippen LogP contribution in [0, 0.1) is 6.92 Å². The highest BCUT2D eigenvalue weighted by molar-refractivity contribution is 5.96. The number of hydrogen-bond acceptors (Lipinski definition) is 4. The molecule has 1 fully saturated rings. The molecule has 0 aromatic heterocycles. The highest BCUT2D eigenvalue weighted by Gasteiger charge is 2.15. The Balaban J connectivity index is 1.87. The van der Waals surface area contributed by atoms with Crippen LogP contribution < -0.4 is 5.73 Å². The quantitative estimate of drug-likeness (QED) is 0.652. The van der Waals surface area contributed by atoms with Crippen molar-refractivity contribution in [2.75, 3.05) is 32.0 Å². The normalized spacial score (nSPS) is 15.8. The molecule has 1 aliphatic heterocycles. The summed E-state index contributed by atoms with van der Waals surface area (Å²) in [5, 5.41) is 0. The van der Waals surface area contributed by atoms with Crippen molar-refractivity contribution in [3.05, 3.63) is 29.3 Å². The number of carbonyl (C=O) groups is 1. The van der Waals surface area contributed by atoms with Crippen LogP contribution in [0.2, 0.25) is 0 Å². The summed E-state index contributed by atoms with van der Waals surface area (Å²) >= 11 is 0. The first-order valence-corrected chi connectivity index (χ1v) is 6.43. The zero-order chi connectivity index (χ0) is 13.0. The SMILES string of the molecule is Cc1cccc(N)c1C(=O)OCCN1CCCC1. The molecule has 1 saturated heterocycles. The van der Waals surface area contributed by atoms with Gasteiger partial charge in [0.05, 0.1) is 5.56 Å². The summed E-state index contributed by atoms with van der Waals surface area (Å²) in [5.41, 5.74) is 7.65. The molecule has 2 rings (SSSR count). The summed E-state index contributed by atoms with van der Waals surface area (Å²) in [7, 11) is 0. The Bertz CT molecular complexity index is 406. The zero-order valence-corrected chi connectivity index (χ0v) is 10.8. The predicted molar refractivity (Wildman–Crippen MR) is 71.5 cm³/mol. The van der Waals surface area contributed by atoms with Crippen LogP contribution in [0.3, 0.4) is 0 Å². The van der Waals surface area contributed by atoms with Crippen LogP contribution in [-0.4, -0.2) is 37.1 Å². The van der Waals surface area contributed by atoms with Crippen molar-refractivity contribution in [2.24, 2.45) is 0 Å². The average molecular weight is 248 g/mol. The van der Waals surface area contributed by atoms with Crippen LogP contribution in [0.5, 0.6) is 0 Å². The molecule has 0 atom stereocenters. The molecule has 98 valence electrons. The minimum atomic E-state index is -0.315. The second kappa shape index (κ2) is 5.87. The predicted octanol–water partition coefficient (Wildman–Crippen LogP) is 1.83. The Kier molecular flexibility index (Phi) is 4.20. The van der Waals surface area contributed by atoms with E-state index in [0.717, 1.165) is 25.2 Å². The molecule has 1 heterocycles. The van der Waals surface area contributed by atoms with Crippen molar-refractivity contribution in [1.82, 2.24) is 4.90 Å². The molecule has 0 saturated carbocycles. The smallest absolute Gasteiger partial charge is 0.340 e. The van der Waals surface area contributed by atoms with Crippen LogP contribution in [0.4, 0.5) is 5.69 Å². The number of hydrogen-bond donors (Lipinski definition) is 1. The molecule has 0 aliphatic carbocycles. The maximum Gasteiger partial charge on any atom is 0.340 e. The van der Waals surface area contributed by atoms with Crippen molar-refractivity contribution in [3.8, 4) is 0 Å². The molecular formula is C14H20N2O2. The summed E-state index contributed by atoms with van der Waals surface area (Å²) in [6.07, 6.45) is 2.50. The highest BCUT2D eigenvalue weighted by Crippen LogP contribution is 2.17. The Morgan fingerprint density at radius 2 is 2.11 bits per heavy atom. The third kappa shape index (κ3) is 3.01. The Hall–Kier alpha value is -1.55. The maximum atomic E-state index is 11.9. The van der Waals surface area contributed by atoms with E-state index >= 15 is 0 Å². The largest absolute Gasteiger partial charge is 0.461 e. The van der Waals surface area contributed by atoms with Gasteiger partial charge in [0.1, 0.15) is 6.61 Å². The number of likely N-dealkylation sites (tertiary alicyclic amines) is 1. The maximum absolute atomic E-state index is 11.9. The van der Waals surface area contributed by atoms with Gasteiger partial charge in [-0.3, -0.25) is 4.90 Å². The highest BCUT2D eigenvalue weighted by atomic mass is 16.5. The molecular weight excluding hydrogens is 228 g/mol. The molecule has 18 heavy (non-hydrogen) atoms. The first-order valence-electron chi connectivity index (χ1n) is 6.43. The average Bonchev–Trinajstić information content (AvgIpc) is 2.82. The molecule has 1 aromatic carbocycles. The van der Waals surface area contributed by atoms with Gasteiger partial charge in [-0.15, -0.1) is 0 Å². The third-order valence-electron chi connectivity index (χ3n) is 3.35. The second-order valence-corrected chi connectivity index (χ2v) is 4.72. The third-order valence-corrected chi connectivity index (χ3v) is 3.35. The lowest BCUT2D eigenvalue weighted by atomic mass is 10.1. The first-order chi connectivity index (χ1) is 8.68. The van der Waals surface area contributed by atoms with E-state index in [4.69, 9.17) is 10.5 Å². The van der Waals surface area contributed by atoms with Crippen molar-refractivity contribution >= 4 is 11.7 Å². The number of ether oxygens (including phenoxy) is 1. The molecule has 0 unspecified atom stereocenters. The Labute approximate surface area is 108 Å². The minimum Gasteiger partial charge on any atom is -0.461 e. The summed E-state index contributed by atoms with van der Waals surface area (Å²) in [6, 6.07) is 5.43. The first kappa shape index (κ1) is 12.9. The Morgan fingerprint density at radius 1 is 1.39 bits per heavy atom. The van der Waals surface area contributed by atoms with Gasteiger partial charge < -0.3 is 10.5 Å². The van der Waals surface area contributed by atoms with E-state index in [1.807, 2.05) is 19.1 Å².